The standard InChI is InChI=1S/C8H9ClN2O3S/c9-4-3-11(8(13)10-7(4)15)5-1-2-6(12)14-5/h3,5-6,12H,1-2H2,(H,10,13,15)/t5?,6-/m0/s1. The number of nitrogens with one attached hydrogen (secondary N) is 1. The Morgan fingerprint density at radius 3 is 3.00 bits per heavy atom. The Morgan fingerprint density at radius 1 is 1.67 bits per heavy atom. The average Bonchev–Trinajstić information content (AvgIpc) is 2.58. The molecule has 2 heterocycles. The van der Waals surface area contributed by atoms with E-state index in [1.54, 1.807) is 0 Å². The predicted octanol–water partition coefficient (Wildman–Crippen LogP) is 1.19. The third kappa shape index (κ3) is 2.12. The number of aromatic nitrogens is 2. The minimum Gasteiger partial charge on any atom is -0.368 e. The number of nitrogens with zero attached hydrogens (tertiary/aromatic N) is 1. The molecule has 82 valence electrons. The van der Waals surface area contributed by atoms with Gasteiger partial charge in [0.25, 0.3) is 0 Å². The van der Waals surface area contributed by atoms with Crippen LogP contribution in [0.15, 0.2) is 11.0 Å². The Balaban J connectivity index is 2.41. The quantitative estimate of drug-likeness (QED) is 0.733. The molecule has 1 aromatic heterocycles. The third-order valence-corrected chi connectivity index (χ3v) is 2.93. The SMILES string of the molecule is O=c1[nH]c(=S)c(Cl)cn1C1CC[C@@H](O)O1. The Bertz CT molecular complexity index is 484. The van der Waals surface area contributed by atoms with Crippen LogP contribution in [0.3, 0.4) is 0 Å². The number of hydrogen-bond acceptors (Lipinski definition) is 4. The summed E-state index contributed by atoms with van der Waals surface area (Å²) in [5, 5.41) is 9.46. The van der Waals surface area contributed by atoms with E-state index in [1.807, 2.05) is 0 Å². The van der Waals surface area contributed by atoms with Crippen molar-refractivity contribution in [2.24, 2.45) is 0 Å². The molecule has 1 saturated heterocycles. The van der Waals surface area contributed by atoms with Gasteiger partial charge in [-0.15, -0.1) is 0 Å². The van der Waals surface area contributed by atoms with Crippen molar-refractivity contribution in [1.82, 2.24) is 9.55 Å². The van der Waals surface area contributed by atoms with Gasteiger partial charge in [-0.2, -0.15) is 0 Å². The van der Waals surface area contributed by atoms with Gasteiger partial charge in [0.1, 0.15) is 10.9 Å². The van der Waals surface area contributed by atoms with E-state index in [0.717, 1.165) is 0 Å². The van der Waals surface area contributed by atoms with Crippen LogP contribution in [0.1, 0.15) is 19.1 Å². The van der Waals surface area contributed by atoms with Crippen LogP contribution in [0, 0.1) is 4.64 Å². The summed E-state index contributed by atoms with van der Waals surface area (Å²) >= 11 is 10.6. The Kier molecular flexibility index (Phi) is 2.92. The molecule has 2 rings (SSSR count). The highest BCUT2D eigenvalue weighted by Gasteiger charge is 2.25. The van der Waals surface area contributed by atoms with Crippen LogP contribution in [0.25, 0.3) is 0 Å². The summed E-state index contributed by atoms with van der Waals surface area (Å²) in [7, 11) is 0. The smallest absolute Gasteiger partial charge is 0.328 e. The molecule has 2 atom stereocenters. The van der Waals surface area contributed by atoms with E-state index < -0.39 is 12.5 Å². The van der Waals surface area contributed by atoms with Gasteiger partial charge in [-0.05, 0) is 6.42 Å². The number of H-pyrrole nitrogens is 1. The summed E-state index contributed by atoms with van der Waals surface area (Å²) in [5.41, 5.74) is -0.386. The van der Waals surface area contributed by atoms with Gasteiger partial charge < -0.3 is 9.84 Å². The molecule has 0 amide bonds. The third-order valence-electron chi connectivity index (χ3n) is 2.21. The fraction of sp³-hybridized carbons (Fsp3) is 0.500. The summed E-state index contributed by atoms with van der Waals surface area (Å²) in [6.45, 7) is 0. The van der Waals surface area contributed by atoms with Gasteiger partial charge in [0.05, 0.1) is 5.02 Å². The molecule has 1 aliphatic heterocycles. The minimum atomic E-state index is -0.816. The lowest BCUT2D eigenvalue weighted by Crippen LogP contribution is -2.27. The van der Waals surface area contributed by atoms with Crippen molar-refractivity contribution in [2.45, 2.75) is 25.4 Å². The highest BCUT2D eigenvalue weighted by Crippen LogP contribution is 2.25. The zero-order chi connectivity index (χ0) is 11.0. The van der Waals surface area contributed by atoms with Gasteiger partial charge in [0.2, 0.25) is 0 Å². The van der Waals surface area contributed by atoms with Gasteiger partial charge in [-0.3, -0.25) is 9.55 Å². The first-order valence-electron chi connectivity index (χ1n) is 4.42. The second-order valence-corrected chi connectivity index (χ2v) is 4.08. The lowest BCUT2D eigenvalue weighted by molar-refractivity contribution is -0.113. The van der Waals surface area contributed by atoms with Crippen molar-refractivity contribution >= 4 is 23.8 Å². The van der Waals surface area contributed by atoms with E-state index >= 15 is 0 Å². The van der Waals surface area contributed by atoms with Crippen LogP contribution in [-0.2, 0) is 4.74 Å². The first-order chi connectivity index (χ1) is 7.08. The number of aliphatic hydroxyl groups excluding tert-OH is 1. The lowest BCUT2D eigenvalue weighted by atomic mass is 10.3. The molecule has 1 aromatic rings. The number of rotatable bonds is 1. The van der Waals surface area contributed by atoms with Crippen molar-refractivity contribution < 1.29 is 9.84 Å². The fourth-order valence-electron chi connectivity index (χ4n) is 1.48. The number of aliphatic hydroxyl groups is 1. The molecule has 0 aliphatic carbocycles. The van der Waals surface area contributed by atoms with Crippen LogP contribution in [0.4, 0.5) is 0 Å². The van der Waals surface area contributed by atoms with Crippen LogP contribution in [0.5, 0.6) is 0 Å². The van der Waals surface area contributed by atoms with E-state index in [9.17, 15) is 9.90 Å². The summed E-state index contributed by atoms with van der Waals surface area (Å²) in [4.78, 5) is 13.9. The van der Waals surface area contributed by atoms with Crippen molar-refractivity contribution in [3.8, 4) is 0 Å². The van der Waals surface area contributed by atoms with Crippen molar-refractivity contribution in [2.75, 3.05) is 0 Å². The fourth-order valence-corrected chi connectivity index (χ4v) is 1.77. The molecule has 15 heavy (non-hydrogen) atoms. The summed E-state index contributed by atoms with van der Waals surface area (Å²) < 4.78 is 6.63. The van der Waals surface area contributed by atoms with Crippen LogP contribution >= 0.6 is 23.8 Å². The summed E-state index contributed by atoms with van der Waals surface area (Å²) in [6, 6.07) is 0. The summed E-state index contributed by atoms with van der Waals surface area (Å²) in [5.74, 6) is 0. The lowest BCUT2D eigenvalue weighted by Gasteiger charge is -2.13. The average molecular weight is 249 g/mol. The van der Waals surface area contributed by atoms with Gasteiger partial charge >= 0.3 is 5.69 Å². The molecule has 0 saturated carbocycles. The molecule has 1 unspecified atom stereocenters. The van der Waals surface area contributed by atoms with Gasteiger partial charge in [0.15, 0.2) is 6.29 Å². The van der Waals surface area contributed by atoms with Crippen molar-refractivity contribution in [3.05, 3.63) is 26.3 Å². The zero-order valence-corrected chi connectivity index (χ0v) is 9.22. The topological polar surface area (TPSA) is 67.2 Å². The minimum absolute atomic E-state index is 0.205. The molecule has 7 heteroatoms. The largest absolute Gasteiger partial charge is 0.368 e. The first kappa shape index (κ1) is 10.8. The number of halogens is 1. The molecular weight excluding hydrogens is 240 g/mol. The number of ether oxygens (including phenoxy) is 1. The highest BCUT2D eigenvalue weighted by atomic mass is 35.5. The molecule has 1 fully saturated rings. The molecular formula is C8H9ClN2O3S. The molecule has 5 nitrogen and oxygen atoms in total. The van der Waals surface area contributed by atoms with E-state index in [0.29, 0.717) is 12.8 Å². The zero-order valence-electron chi connectivity index (χ0n) is 7.64. The van der Waals surface area contributed by atoms with Gasteiger partial charge in [-0.1, -0.05) is 23.8 Å². The second-order valence-electron chi connectivity index (χ2n) is 3.27. The maximum Gasteiger partial charge on any atom is 0.328 e. The second kappa shape index (κ2) is 4.05. The Hall–Kier alpha value is -0.690. The van der Waals surface area contributed by atoms with Crippen LogP contribution in [0.2, 0.25) is 5.02 Å². The van der Waals surface area contributed by atoms with Gasteiger partial charge in [0, 0.05) is 12.6 Å². The molecule has 2 N–H and O–H groups in total. The molecule has 0 radical (unpaired) electrons. The van der Waals surface area contributed by atoms with E-state index in [4.69, 9.17) is 28.6 Å². The maximum atomic E-state index is 11.5. The summed E-state index contributed by atoms with van der Waals surface area (Å²) in [6.07, 6.45) is 1.21. The van der Waals surface area contributed by atoms with Gasteiger partial charge in [-0.25, -0.2) is 4.79 Å². The van der Waals surface area contributed by atoms with Crippen LogP contribution < -0.4 is 5.69 Å². The van der Waals surface area contributed by atoms with Crippen molar-refractivity contribution in [1.29, 1.82) is 0 Å². The molecule has 0 aromatic carbocycles. The maximum absolute atomic E-state index is 11.5. The number of hydrogen-bond donors (Lipinski definition) is 2. The molecule has 0 bridgehead atoms. The molecule has 0 spiro atoms. The van der Waals surface area contributed by atoms with E-state index in [-0.39, 0.29) is 15.4 Å². The van der Waals surface area contributed by atoms with E-state index in [2.05, 4.69) is 4.98 Å². The predicted molar refractivity (Wildman–Crippen MR) is 56.3 cm³/mol. The van der Waals surface area contributed by atoms with E-state index in [1.165, 1.54) is 10.8 Å². The normalized spacial score (nSPS) is 25.7. The highest BCUT2D eigenvalue weighted by molar-refractivity contribution is 7.71. The Morgan fingerprint density at radius 2 is 2.40 bits per heavy atom. The Labute approximate surface area is 95.3 Å². The molecule has 1 aliphatic rings. The van der Waals surface area contributed by atoms with Crippen molar-refractivity contribution in [3.63, 3.8) is 0 Å². The first-order valence-corrected chi connectivity index (χ1v) is 5.21. The van der Waals surface area contributed by atoms with Crippen LogP contribution in [-0.4, -0.2) is 20.9 Å². The number of aromatic amines is 1. The monoisotopic (exact) mass is 248 g/mol.